The Labute approximate surface area is 343 Å². The molecule has 1 aromatic heterocycles. The molecule has 2 nitrogen and oxygen atoms in total. The first-order valence-electron chi connectivity index (χ1n) is 21.5. The molecule has 0 radical (unpaired) electrons. The third-order valence-corrected chi connectivity index (χ3v) is 14.2. The number of hydrogen-bond donors (Lipinski definition) is 0. The molecule has 1 saturated carbocycles. The van der Waals surface area contributed by atoms with Crippen molar-refractivity contribution in [2.75, 3.05) is 4.90 Å². The third-order valence-electron chi connectivity index (χ3n) is 14.2. The molecule has 11 rings (SSSR count). The molecular formula is C56H51NO. The Bertz CT molecular complexity index is 2950. The minimum atomic E-state index is -0.122. The molecule has 2 heteroatoms. The Morgan fingerprint density at radius 2 is 1.07 bits per heavy atom. The van der Waals surface area contributed by atoms with Crippen molar-refractivity contribution < 1.29 is 4.42 Å². The molecule has 1 fully saturated rings. The van der Waals surface area contributed by atoms with Gasteiger partial charge in [0.1, 0.15) is 11.2 Å². The average molecular weight is 754 g/mol. The Morgan fingerprint density at radius 1 is 0.483 bits per heavy atom. The van der Waals surface area contributed by atoms with E-state index in [0.717, 1.165) is 28.0 Å². The smallest absolute Gasteiger partial charge is 0.143 e. The zero-order valence-electron chi connectivity index (χ0n) is 34.6. The maximum absolute atomic E-state index is 7.08. The van der Waals surface area contributed by atoms with Crippen LogP contribution in [0.4, 0.5) is 17.1 Å². The first kappa shape index (κ1) is 35.3. The van der Waals surface area contributed by atoms with Gasteiger partial charge in [0.15, 0.2) is 0 Å². The van der Waals surface area contributed by atoms with E-state index >= 15 is 0 Å². The number of fused-ring (bicyclic) bond motifs is 11. The third kappa shape index (κ3) is 4.97. The van der Waals surface area contributed by atoms with Crippen molar-refractivity contribution in [3.05, 3.63) is 173 Å². The lowest BCUT2D eigenvalue weighted by molar-refractivity contribution is 0.550. The number of para-hydroxylation sites is 2. The van der Waals surface area contributed by atoms with Crippen LogP contribution in [0.5, 0.6) is 0 Å². The molecule has 0 saturated heterocycles. The second-order valence-corrected chi connectivity index (χ2v) is 18.4. The van der Waals surface area contributed by atoms with E-state index in [1.54, 1.807) is 0 Å². The van der Waals surface area contributed by atoms with Gasteiger partial charge >= 0.3 is 0 Å². The molecule has 1 heterocycles. The van der Waals surface area contributed by atoms with Crippen LogP contribution in [0.25, 0.3) is 55.3 Å². The Hall–Kier alpha value is -5.86. The normalized spacial score (nSPS) is 15.7. The van der Waals surface area contributed by atoms with Crippen LogP contribution in [0.1, 0.15) is 112 Å². The van der Waals surface area contributed by atoms with E-state index in [0.29, 0.717) is 11.8 Å². The minimum absolute atomic E-state index is 0.0670. The van der Waals surface area contributed by atoms with Crippen LogP contribution in [0.2, 0.25) is 0 Å². The predicted octanol–water partition coefficient (Wildman–Crippen LogP) is 16.1. The van der Waals surface area contributed by atoms with Gasteiger partial charge in [-0.2, -0.15) is 0 Å². The molecular weight excluding hydrogens is 703 g/mol. The Kier molecular flexibility index (Phi) is 7.81. The molecule has 7 aromatic carbocycles. The largest absolute Gasteiger partial charge is 0.455 e. The van der Waals surface area contributed by atoms with E-state index in [9.17, 15) is 0 Å². The van der Waals surface area contributed by atoms with Crippen molar-refractivity contribution >= 4 is 39.0 Å². The standard InChI is InChI=1S/C56H51NO/c1-34(2)36-30-46(35(3)4)54-47(31-36)45-20-15-19-44(53(45)58-54)43-18-9-12-23-52(43)57(37-24-26-41-39-16-7-10-21-48(39)55(5,6)50(41)32-37)38-25-27-42-40-17-8-11-22-49(40)56(51(42)33-38)28-13-14-29-56/h7-12,15-27,30-35H,13-14,28-29H2,1-6H3. The van der Waals surface area contributed by atoms with Gasteiger partial charge in [0, 0.05) is 44.1 Å². The molecule has 0 N–H and O–H groups in total. The highest BCUT2D eigenvalue weighted by molar-refractivity contribution is 6.12. The van der Waals surface area contributed by atoms with Crippen LogP contribution in [0.3, 0.4) is 0 Å². The number of anilines is 3. The molecule has 0 atom stereocenters. The summed E-state index contributed by atoms with van der Waals surface area (Å²) >= 11 is 0. The zero-order chi connectivity index (χ0) is 39.5. The highest BCUT2D eigenvalue weighted by Gasteiger charge is 2.45. The zero-order valence-corrected chi connectivity index (χ0v) is 34.6. The first-order valence-corrected chi connectivity index (χ1v) is 21.5. The predicted molar refractivity (Wildman–Crippen MR) is 244 cm³/mol. The van der Waals surface area contributed by atoms with Crippen LogP contribution < -0.4 is 4.90 Å². The van der Waals surface area contributed by atoms with E-state index in [1.165, 1.54) is 103 Å². The molecule has 0 bridgehead atoms. The average Bonchev–Trinajstić information content (AvgIpc) is 4.00. The van der Waals surface area contributed by atoms with E-state index < -0.39 is 0 Å². The fourth-order valence-electron chi connectivity index (χ4n) is 11.2. The molecule has 58 heavy (non-hydrogen) atoms. The number of benzene rings is 7. The second kappa shape index (κ2) is 12.8. The Balaban J connectivity index is 1.16. The van der Waals surface area contributed by atoms with Crippen molar-refractivity contribution in [1.82, 2.24) is 0 Å². The molecule has 3 aliphatic carbocycles. The minimum Gasteiger partial charge on any atom is -0.455 e. The topological polar surface area (TPSA) is 16.4 Å². The van der Waals surface area contributed by atoms with Crippen molar-refractivity contribution in [3.63, 3.8) is 0 Å². The molecule has 1 spiro atoms. The van der Waals surface area contributed by atoms with Crippen LogP contribution in [0, 0.1) is 0 Å². The number of furan rings is 1. The number of rotatable bonds is 6. The van der Waals surface area contributed by atoms with Crippen molar-refractivity contribution in [2.24, 2.45) is 0 Å². The van der Waals surface area contributed by atoms with E-state index in [4.69, 9.17) is 4.42 Å². The van der Waals surface area contributed by atoms with Gasteiger partial charge in [0.25, 0.3) is 0 Å². The van der Waals surface area contributed by atoms with Gasteiger partial charge in [-0.1, -0.05) is 158 Å². The van der Waals surface area contributed by atoms with Gasteiger partial charge in [-0.3, -0.25) is 0 Å². The van der Waals surface area contributed by atoms with Gasteiger partial charge in [0.2, 0.25) is 0 Å². The fourth-order valence-corrected chi connectivity index (χ4v) is 11.2. The molecule has 0 unspecified atom stereocenters. The summed E-state index contributed by atoms with van der Waals surface area (Å²) in [6.07, 6.45) is 4.94. The molecule has 0 amide bonds. The molecule has 0 aliphatic heterocycles. The highest BCUT2D eigenvalue weighted by atomic mass is 16.3. The van der Waals surface area contributed by atoms with Gasteiger partial charge in [-0.05, 0) is 117 Å². The monoisotopic (exact) mass is 753 g/mol. The second-order valence-electron chi connectivity index (χ2n) is 18.4. The Morgan fingerprint density at radius 3 is 1.78 bits per heavy atom. The molecule has 8 aromatic rings. The quantitative estimate of drug-likeness (QED) is 0.168. The van der Waals surface area contributed by atoms with Crippen LogP contribution in [0.15, 0.2) is 144 Å². The lowest BCUT2D eigenvalue weighted by Gasteiger charge is -2.32. The summed E-state index contributed by atoms with van der Waals surface area (Å²) in [7, 11) is 0. The van der Waals surface area contributed by atoms with Gasteiger partial charge in [-0.15, -0.1) is 0 Å². The van der Waals surface area contributed by atoms with Gasteiger partial charge in [0.05, 0.1) is 5.69 Å². The maximum Gasteiger partial charge on any atom is 0.143 e. The number of hydrogen-bond acceptors (Lipinski definition) is 2. The van der Waals surface area contributed by atoms with Gasteiger partial charge in [-0.25, -0.2) is 0 Å². The van der Waals surface area contributed by atoms with Gasteiger partial charge < -0.3 is 9.32 Å². The van der Waals surface area contributed by atoms with E-state index in [-0.39, 0.29) is 10.8 Å². The summed E-state index contributed by atoms with van der Waals surface area (Å²) in [6, 6.07) is 53.1. The highest BCUT2D eigenvalue weighted by Crippen LogP contribution is 2.58. The lowest BCUT2D eigenvalue weighted by Crippen LogP contribution is -2.21. The summed E-state index contributed by atoms with van der Waals surface area (Å²) in [5, 5.41) is 2.38. The van der Waals surface area contributed by atoms with Crippen molar-refractivity contribution in [1.29, 1.82) is 0 Å². The van der Waals surface area contributed by atoms with E-state index in [2.05, 4.69) is 186 Å². The van der Waals surface area contributed by atoms with E-state index in [1.807, 2.05) is 0 Å². The first-order chi connectivity index (χ1) is 28.2. The van der Waals surface area contributed by atoms with Crippen molar-refractivity contribution in [3.8, 4) is 33.4 Å². The van der Waals surface area contributed by atoms with Crippen LogP contribution >= 0.6 is 0 Å². The summed E-state index contributed by atoms with van der Waals surface area (Å²) in [6.45, 7) is 13.9. The summed E-state index contributed by atoms with van der Waals surface area (Å²) in [5.74, 6) is 0.773. The summed E-state index contributed by atoms with van der Waals surface area (Å²) < 4.78 is 7.08. The molecule has 286 valence electrons. The van der Waals surface area contributed by atoms with Crippen LogP contribution in [-0.2, 0) is 10.8 Å². The SMILES string of the molecule is CC(C)c1cc(C(C)C)c2oc3c(-c4ccccc4N(c4ccc5c(c4)C(C)(C)c4ccccc4-5)c4ccc5c(c4)C4(CCCC4)c4ccccc4-5)cccc3c2c1. The summed E-state index contributed by atoms with van der Waals surface area (Å²) in [4.78, 5) is 2.54. The maximum atomic E-state index is 7.08. The lowest BCUT2D eigenvalue weighted by atomic mass is 9.76. The van der Waals surface area contributed by atoms with Crippen molar-refractivity contribution in [2.45, 2.75) is 89.9 Å². The number of nitrogens with zero attached hydrogens (tertiary/aromatic N) is 1. The fraction of sp³-hybridized carbons (Fsp3) is 0.250. The molecule has 3 aliphatic rings. The van der Waals surface area contributed by atoms with Crippen LogP contribution in [-0.4, -0.2) is 0 Å². The summed E-state index contributed by atoms with van der Waals surface area (Å²) in [5.41, 5.74) is 21.6.